The summed E-state index contributed by atoms with van der Waals surface area (Å²) in [6, 6.07) is 10.9. The Morgan fingerprint density at radius 1 is 1.08 bits per heavy atom. The lowest BCUT2D eigenvalue weighted by molar-refractivity contribution is -0.145. The molecular weight excluding hydrogens is 323 g/mol. The highest BCUT2D eigenvalue weighted by Gasteiger charge is 2.34. The fourth-order valence-corrected chi connectivity index (χ4v) is 4.48. The third-order valence-electron chi connectivity index (χ3n) is 4.02. The molecule has 1 atom stereocenters. The van der Waals surface area contributed by atoms with E-state index >= 15 is 0 Å². The van der Waals surface area contributed by atoms with Crippen molar-refractivity contribution in [1.29, 1.82) is 0 Å². The first-order chi connectivity index (χ1) is 11.4. The Kier molecular flexibility index (Phi) is 6.10. The summed E-state index contributed by atoms with van der Waals surface area (Å²) in [7, 11) is 0.149. The van der Waals surface area contributed by atoms with E-state index in [1.165, 1.54) is 37.5 Å². The van der Waals surface area contributed by atoms with E-state index in [1.807, 2.05) is 0 Å². The van der Waals surface area contributed by atoms with Gasteiger partial charge in [0.2, 0.25) is 0 Å². The number of aliphatic carboxylic acids is 2. The van der Waals surface area contributed by atoms with Crippen molar-refractivity contribution in [2.24, 2.45) is 5.41 Å². The van der Waals surface area contributed by atoms with Crippen molar-refractivity contribution < 1.29 is 19.8 Å². The molecule has 24 heavy (non-hydrogen) atoms. The van der Waals surface area contributed by atoms with Crippen LogP contribution in [0, 0.1) is 5.41 Å². The standard InChI is InChI=1S/C10H11P.C9H10O4/c1-2-6-10(7-3-1)11-8-4-5-9-11;1-9(8(12)13)4-2-3-6(5-9)7(10)11/h1-7H,8-9H2;2-4H,5H2,1H3,(H,10,11)(H,12,13). The molecule has 0 spiro atoms. The molecule has 0 saturated heterocycles. The van der Waals surface area contributed by atoms with Crippen LogP contribution in [0.4, 0.5) is 0 Å². The van der Waals surface area contributed by atoms with Gasteiger partial charge < -0.3 is 10.2 Å². The maximum Gasteiger partial charge on any atom is 0.331 e. The van der Waals surface area contributed by atoms with Crippen molar-refractivity contribution in [1.82, 2.24) is 0 Å². The molecule has 1 aromatic rings. The number of hydrogen-bond donors (Lipinski definition) is 2. The van der Waals surface area contributed by atoms with Gasteiger partial charge in [-0.25, -0.2) is 4.79 Å². The Morgan fingerprint density at radius 2 is 1.71 bits per heavy atom. The molecule has 0 bridgehead atoms. The molecule has 1 unspecified atom stereocenters. The lowest BCUT2D eigenvalue weighted by Gasteiger charge is -2.23. The highest BCUT2D eigenvalue weighted by atomic mass is 31.1. The average molecular weight is 344 g/mol. The molecule has 4 nitrogen and oxygen atoms in total. The predicted octanol–water partition coefficient (Wildman–Crippen LogP) is 3.41. The van der Waals surface area contributed by atoms with Gasteiger partial charge in [-0.2, -0.15) is 0 Å². The summed E-state index contributed by atoms with van der Waals surface area (Å²) in [5.41, 5.74) is -0.949. The molecule has 1 aliphatic carbocycles. The summed E-state index contributed by atoms with van der Waals surface area (Å²) in [6.07, 6.45) is 11.6. The molecule has 126 valence electrons. The second-order valence-electron chi connectivity index (χ2n) is 5.97. The molecule has 0 fully saturated rings. The third kappa shape index (κ3) is 4.65. The number of hydrogen-bond acceptors (Lipinski definition) is 2. The zero-order chi connectivity index (χ0) is 17.6. The minimum atomic E-state index is -1.08. The Hall–Kier alpha value is -2.19. The highest BCUT2D eigenvalue weighted by Crippen LogP contribution is 2.37. The molecule has 0 aromatic heterocycles. The topological polar surface area (TPSA) is 74.6 Å². The molecule has 5 heteroatoms. The van der Waals surface area contributed by atoms with Crippen molar-refractivity contribution in [3.8, 4) is 0 Å². The summed E-state index contributed by atoms with van der Waals surface area (Å²) in [5, 5.41) is 19.0. The van der Waals surface area contributed by atoms with Crippen LogP contribution in [0.2, 0.25) is 0 Å². The first-order valence-corrected chi connectivity index (χ1v) is 9.44. The normalized spacial score (nSPS) is 22.5. The molecule has 1 aromatic carbocycles. The monoisotopic (exact) mass is 344 g/mol. The second-order valence-corrected chi connectivity index (χ2v) is 8.29. The van der Waals surface area contributed by atoms with Gasteiger partial charge in [-0.15, -0.1) is 0 Å². The fraction of sp³-hybridized carbons (Fsp3) is 0.263. The summed E-state index contributed by atoms with van der Waals surface area (Å²) in [4.78, 5) is 21.3. The molecular formula is C19H21O4P. The van der Waals surface area contributed by atoms with Gasteiger partial charge in [-0.3, -0.25) is 4.79 Å². The zero-order valence-corrected chi connectivity index (χ0v) is 14.4. The number of carboxylic acid groups (broad SMARTS) is 2. The molecule has 0 saturated carbocycles. The van der Waals surface area contributed by atoms with Crippen molar-refractivity contribution in [2.45, 2.75) is 13.3 Å². The summed E-state index contributed by atoms with van der Waals surface area (Å²) in [5.74, 6) is -2.06. The van der Waals surface area contributed by atoms with Crippen LogP contribution in [0.3, 0.4) is 0 Å². The Bertz CT molecular complexity index is 683. The van der Waals surface area contributed by atoms with Crippen LogP contribution in [0.1, 0.15) is 13.3 Å². The van der Waals surface area contributed by atoms with E-state index in [2.05, 4.69) is 42.5 Å². The van der Waals surface area contributed by atoms with Gasteiger partial charge in [-0.05, 0) is 31.0 Å². The SMILES string of the molecule is C1=CCP(c2ccccc2)C1.CC1(C(=O)O)C=CC=C(C(=O)O)C1. The minimum absolute atomic E-state index is 0.0359. The van der Waals surface area contributed by atoms with Crippen LogP contribution in [-0.4, -0.2) is 34.5 Å². The number of carbonyl (C=O) groups is 2. The van der Waals surface area contributed by atoms with E-state index in [4.69, 9.17) is 10.2 Å². The fourth-order valence-electron chi connectivity index (χ4n) is 2.51. The van der Waals surface area contributed by atoms with Crippen LogP contribution >= 0.6 is 7.92 Å². The van der Waals surface area contributed by atoms with Crippen molar-refractivity contribution in [3.63, 3.8) is 0 Å². The number of allylic oxidation sites excluding steroid dienone is 4. The molecule has 2 aliphatic rings. The van der Waals surface area contributed by atoms with Gasteiger partial charge in [0.25, 0.3) is 0 Å². The van der Waals surface area contributed by atoms with Gasteiger partial charge in [0.05, 0.1) is 5.41 Å². The van der Waals surface area contributed by atoms with Crippen molar-refractivity contribution >= 4 is 25.2 Å². The summed E-state index contributed by atoms with van der Waals surface area (Å²) < 4.78 is 0. The highest BCUT2D eigenvalue weighted by molar-refractivity contribution is 7.66. The van der Waals surface area contributed by atoms with Gasteiger partial charge in [0.1, 0.15) is 0 Å². The lowest BCUT2D eigenvalue weighted by atomic mass is 9.80. The van der Waals surface area contributed by atoms with Crippen LogP contribution < -0.4 is 5.30 Å². The number of benzene rings is 1. The smallest absolute Gasteiger partial charge is 0.331 e. The van der Waals surface area contributed by atoms with E-state index in [0.29, 0.717) is 0 Å². The zero-order valence-electron chi connectivity index (χ0n) is 13.6. The second kappa shape index (κ2) is 8.07. The third-order valence-corrected chi connectivity index (χ3v) is 6.35. The number of rotatable bonds is 3. The van der Waals surface area contributed by atoms with E-state index in [1.54, 1.807) is 5.30 Å². The predicted molar refractivity (Wildman–Crippen MR) is 97.1 cm³/mol. The van der Waals surface area contributed by atoms with E-state index in [0.717, 1.165) is 0 Å². The van der Waals surface area contributed by atoms with Gasteiger partial charge >= 0.3 is 11.9 Å². The maximum atomic E-state index is 10.8. The van der Waals surface area contributed by atoms with E-state index in [9.17, 15) is 9.59 Å². The van der Waals surface area contributed by atoms with Gasteiger partial charge in [0, 0.05) is 5.57 Å². The first-order valence-electron chi connectivity index (χ1n) is 7.72. The van der Waals surface area contributed by atoms with Crippen LogP contribution in [0.15, 0.2) is 66.3 Å². The van der Waals surface area contributed by atoms with Gasteiger partial charge in [-0.1, -0.05) is 68.6 Å². The number of carboxylic acids is 2. The average Bonchev–Trinajstić information content (AvgIpc) is 3.11. The van der Waals surface area contributed by atoms with Gasteiger partial charge in [0.15, 0.2) is 0 Å². The maximum absolute atomic E-state index is 10.8. The van der Waals surface area contributed by atoms with Crippen molar-refractivity contribution in [3.05, 3.63) is 66.3 Å². The van der Waals surface area contributed by atoms with Crippen molar-refractivity contribution in [2.75, 3.05) is 12.3 Å². The van der Waals surface area contributed by atoms with Crippen LogP contribution in [0.25, 0.3) is 0 Å². The Labute approximate surface area is 143 Å². The molecule has 0 radical (unpaired) electrons. The van der Waals surface area contributed by atoms with Crippen LogP contribution in [-0.2, 0) is 9.59 Å². The largest absolute Gasteiger partial charge is 0.481 e. The minimum Gasteiger partial charge on any atom is -0.481 e. The van der Waals surface area contributed by atoms with Crippen LogP contribution in [0.5, 0.6) is 0 Å². The van der Waals surface area contributed by atoms with E-state index in [-0.39, 0.29) is 19.9 Å². The molecule has 0 amide bonds. The molecule has 1 aliphatic heterocycles. The Morgan fingerprint density at radius 3 is 2.25 bits per heavy atom. The Balaban J connectivity index is 0.000000175. The lowest BCUT2D eigenvalue weighted by Crippen LogP contribution is -2.28. The van der Waals surface area contributed by atoms with E-state index < -0.39 is 17.4 Å². The summed E-state index contributed by atoms with van der Waals surface area (Å²) >= 11 is 0. The summed E-state index contributed by atoms with van der Waals surface area (Å²) in [6.45, 7) is 1.50. The molecule has 2 N–H and O–H groups in total. The first kappa shape index (κ1) is 18.2. The molecule has 1 heterocycles. The molecule has 3 rings (SSSR count). The quantitative estimate of drug-likeness (QED) is 0.651.